The summed E-state index contributed by atoms with van der Waals surface area (Å²) in [6.45, 7) is 5.08. The van der Waals surface area contributed by atoms with Crippen molar-refractivity contribution in [2.45, 2.75) is 38.5 Å². The highest BCUT2D eigenvalue weighted by atomic mass is 16.5. The predicted octanol–water partition coefficient (Wildman–Crippen LogP) is 1.63. The molecule has 0 saturated carbocycles. The van der Waals surface area contributed by atoms with Gasteiger partial charge in [-0.15, -0.1) is 0 Å². The molecule has 1 aromatic heterocycles. The van der Waals surface area contributed by atoms with Gasteiger partial charge in [0.05, 0.1) is 25.7 Å². The summed E-state index contributed by atoms with van der Waals surface area (Å²) in [7, 11) is 0. The fourth-order valence-electron chi connectivity index (χ4n) is 3.47. The third-order valence-electron chi connectivity index (χ3n) is 4.97. The summed E-state index contributed by atoms with van der Waals surface area (Å²) in [5, 5.41) is 13.0. The van der Waals surface area contributed by atoms with Crippen LogP contribution < -0.4 is 0 Å². The van der Waals surface area contributed by atoms with E-state index in [9.17, 15) is 4.79 Å². The Morgan fingerprint density at radius 2 is 2.00 bits per heavy atom. The number of ether oxygens (including phenoxy) is 1. The molecule has 1 amide bonds. The van der Waals surface area contributed by atoms with Gasteiger partial charge in [-0.05, 0) is 19.3 Å². The third kappa shape index (κ3) is 4.59. The first kappa shape index (κ1) is 17.9. The van der Waals surface area contributed by atoms with Crippen LogP contribution in [0.25, 0.3) is 0 Å². The van der Waals surface area contributed by atoms with E-state index < -0.39 is 0 Å². The number of morpholine rings is 1. The average Bonchev–Trinajstić information content (AvgIpc) is 2.90. The summed E-state index contributed by atoms with van der Waals surface area (Å²) in [4.78, 5) is 17.1. The maximum Gasteiger partial charge on any atom is 0.276 e. The van der Waals surface area contributed by atoms with Crippen molar-refractivity contribution in [1.29, 1.82) is 5.26 Å². The number of hydrogen-bond donors (Lipinski definition) is 0. The number of nitriles is 1. The van der Waals surface area contributed by atoms with Gasteiger partial charge in [0.2, 0.25) is 0 Å². The Hall–Kier alpha value is -1.91. The number of aromatic nitrogens is 1. The molecule has 3 rings (SSSR count). The van der Waals surface area contributed by atoms with E-state index in [0.29, 0.717) is 25.2 Å². The minimum atomic E-state index is -0.101. The van der Waals surface area contributed by atoms with Crippen molar-refractivity contribution in [3.8, 4) is 6.07 Å². The Morgan fingerprint density at radius 3 is 2.80 bits per heavy atom. The molecule has 1 fully saturated rings. The Morgan fingerprint density at radius 1 is 1.20 bits per heavy atom. The number of rotatable bonds is 6. The number of carbonyl (C=O) groups is 1. The number of aryl methyl sites for hydroxylation is 1. The molecule has 136 valence electrons. The van der Waals surface area contributed by atoms with Crippen molar-refractivity contribution in [3.63, 3.8) is 0 Å². The van der Waals surface area contributed by atoms with Crippen molar-refractivity contribution in [3.05, 3.63) is 17.0 Å². The molecule has 7 nitrogen and oxygen atoms in total. The summed E-state index contributed by atoms with van der Waals surface area (Å²) in [5.74, 6) is 0.768. The zero-order chi connectivity index (χ0) is 17.5. The lowest BCUT2D eigenvalue weighted by atomic mass is 10.1. The molecule has 2 aliphatic rings. The molecular formula is C18H26N4O3. The zero-order valence-electron chi connectivity index (χ0n) is 14.7. The van der Waals surface area contributed by atoms with Gasteiger partial charge in [0.1, 0.15) is 5.76 Å². The molecule has 0 atom stereocenters. The molecule has 0 N–H and O–H groups in total. The maximum absolute atomic E-state index is 13.0. The molecule has 25 heavy (non-hydrogen) atoms. The third-order valence-corrected chi connectivity index (χ3v) is 4.97. The van der Waals surface area contributed by atoms with Crippen LogP contribution in [0.4, 0.5) is 0 Å². The number of carbonyl (C=O) groups excluding carboxylic acids is 1. The van der Waals surface area contributed by atoms with E-state index in [1.54, 1.807) is 4.90 Å². The first-order chi connectivity index (χ1) is 12.3. The Bertz CT molecular complexity index is 616. The smallest absolute Gasteiger partial charge is 0.276 e. The molecule has 0 unspecified atom stereocenters. The van der Waals surface area contributed by atoms with Gasteiger partial charge < -0.3 is 14.2 Å². The van der Waals surface area contributed by atoms with E-state index in [1.165, 1.54) is 0 Å². The SMILES string of the molecule is N#CCCN(CCN1CCOCC1)C(=O)c1noc2c1CCCCC2. The van der Waals surface area contributed by atoms with Crippen LogP contribution in [-0.4, -0.2) is 66.8 Å². The van der Waals surface area contributed by atoms with E-state index in [-0.39, 0.29) is 5.91 Å². The summed E-state index contributed by atoms with van der Waals surface area (Å²) >= 11 is 0. The Kier molecular flexibility index (Phi) is 6.42. The Balaban J connectivity index is 1.68. The normalized spacial score (nSPS) is 18.2. The number of nitrogens with zero attached hydrogens (tertiary/aromatic N) is 4. The van der Waals surface area contributed by atoms with Gasteiger partial charge in [-0.1, -0.05) is 11.6 Å². The topological polar surface area (TPSA) is 82.6 Å². The Labute approximate surface area is 148 Å². The van der Waals surface area contributed by atoms with E-state index in [4.69, 9.17) is 14.5 Å². The van der Waals surface area contributed by atoms with Crippen LogP contribution in [0.2, 0.25) is 0 Å². The highest BCUT2D eigenvalue weighted by molar-refractivity contribution is 5.93. The zero-order valence-corrected chi connectivity index (χ0v) is 14.7. The van der Waals surface area contributed by atoms with Gasteiger partial charge in [-0.3, -0.25) is 9.69 Å². The first-order valence-electron chi connectivity index (χ1n) is 9.23. The van der Waals surface area contributed by atoms with Crippen LogP contribution in [0, 0.1) is 11.3 Å². The van der Waals surface area contributed by atoms with Crippen molar-refractivity contribution in [2.24, 2.45) is 0 Å². The predicted molar refractivity (Wildman–Crippen MR) is 91.2 cm³/mol. The second-order valence-corrected chi connectivity index (χ2v) is 6.65. The lowest BCUT2D eigenvalue weighted by Crippen LogP contribution is -2.43. The monoisotopic (exact) mass is 346 g/mol. The molecule has 0 bridgehead atoms. The van der Waals surface area contributed by atoms with Gasteiger partial charge in [0, 0.05) is 44.7 Å². The highest BCUT2D eigenvalue weighted by Crippen LogP contribution is 2.24. The summed E-state index contributed by atoms with van der Waals surface area (Å²) < 4.78 is 10.8. The molecule has 0 spiro atoms. The number of hydrogen-bond acceptors (Lipinski definition) is 6. The maximum atomic E-state index is 13.0. The molecule has 1 aliphatic carbocycles. The lowest BCUT2D eigenvalue weighted by molar-refractivity contribution is 0.0325. The van der Waals surface area contributed by atoms with Crippen molar-refractivity contribution in [1.82, 2.24) is 15.0 Å². The van der Waals surface area contributed by atoms with Gasteiger partial charge >= 0.3 is 0 Å². The molecular weight excluding hydrogens is 320 g/mol. The molecule has 0 radical (unpaired) electrons. The van der Waals surface area contributed by atoms with Crippen molar-refractivity contribution in [2.75, 3.05) is 45.9 Å². The first-order valence-corrected chi connectivity index (χ1v) is 9.23. The van der Waals surface area contributed by atoms with Crippen LogP contribution in [0.15, 0.2) is 4.52 Å². The molecule has 2 heterocycles. The van der Waals surface area contributed by atoms with Crippen LogP contribution in [0.5, 0.6) is 0 Å². The minimum absolute atomic E-state index is 0.101. The van der Waals surface area contributed by atoms with Crippen molar-refractivity contribution < 1.29 is 14.1 Å². The molecule has 1 aromatic rings. The molecule has 0 aromatic carbocycles. The van der Waals surface area contributed by atoms with E-state index in [2.05, 4.69) is 16.1 Å². The van der Waals surface area contributed by atoms with Crippen LogP contribution in [0.1, 0.15) is 47.5 Å². The van der Waals surface area contributed by atoms with Gasteiger partial charge in [-0.25, -0.2) is 0 Å². The van der Waals surface area contributed by atoms with Crippen LogP contribution in [0.3, 0.4) is 0 Å². The summed E-state index contributed by atoms with van der Waals surface area (Å²) in [6.07, 6.45) is 5.37. The highest BCUT2D eigenvalue weighted by Gasteiger charge is 2.27. The van der Waals surface area contributed by atoms with Crippen LogP contribution in [-0.2, 0) is 17.6 Å². The fraction of sp³-hybridized carbons (Fsp3) is 0.722. The van der Waals surface area contributed by atoms with Crippen molar-refractivity contribution >= 4 is 5.91 Å². The quantitative estimate of drug-likeness (QED) is 0.728. The summed E-state index contributed by atoms with van der Waals surface area (Å²) in [5.41, 5.74) is 1.44. The number of fused-ring (bicyclic) bond motifs is 1. The second kappa shape index (κ2) is 8.97. The van der Waals surface area contributed by atoms with Crippen LogP contribution >= 0.6 is 0 Å². The molecule has 1 aliphatic heterocycles. The van der Waals surface area contributed by atoms with Gasteiger partial charge in [0.15, 0.2) is 5.69 Å². The molecule has 1 saturated heterocycles. The summed E-state index contributed by atoms with van der Waals surface area (Å²) in [6, 6.07) is 2.14. The standard InChI is InChI=1S/C18H26N4O3/c19-7-4-8-22(10-9-21-11-13-24-14-12-21)18(23)17-15-5-2-1-3-6-16(15)25-20-17/h1-6,8-14H2. The second-order valence-electron chi connectivity index (χ2n) is 6.65. The van der Waals surface area contributed by atoms with E-state index in [1.807, 2.05) is 0 Å². The van der Waals surface area contributed by atoms with E-state index >= 15 is 0 Å². The lowest BCUT2D eigenvalue weighted by Gasteiger charge is -2.29. The van der Waals surface area contributed by atoms with Gasteiger partial charge in [0.25, 0.3) is 5.91 Å². The van der Waals surface area contributed by atoms with E-state index in [0.717, 1.165) is 76.3 Å². The number of amides is 1. The minimum Gasteiger partial charge on any atom is -0.379 e. The fourth-order valence-corrected chi connectivity index (χ4v) is 3.47. The largest absolute Gasteiger partial charge is 0.379 e. The van der Waals surface area contributed by atoms with Gasteiger partial charge in [-0.2, -0.15) is 5.26 Å². The molecule has 7 heteroatoms. The average molecular weight is 346 g/mol.